The number of anilines is 1. The summed E-state index contributed by atoms with van der Waals surface area (Å²) in [6.45, 7) is 4.51. The maximum absolute atomic E-state index is 13.4. The number of halogens is 1. The Balaban J connectivity index is 1.47. The minimum atomic E-state index is -3.70. The predicted octanol–water partition coefficient (Wildman–Crippen LogP) is 4.60. The maximum Gasteiger partial charge on any atom is 0.265 e. The van der Waals surface area contributed by atoms with Crippen LogP contribution in [0.2, 0.25) is 0 Å². The zero-order chi connectivity index (χ0) is 26.6. The average Bonchev–Trinajstić information content (AvgIpc) is 3.11. The molecular formula is C28H32FN3O4S. The van der Waals surface area contributed by atoms with E-state index in [9.17, 15) is 22.4 Å². The van der Waals surface area contributed by atoms with Crippen LogP contribution in [0.1, 0.15) is 45.1 Å². The summed E-state index contributed by atoms with van der Waals surface area (Å²) >= 11 is 0. The van der Waals surface area contributed by atoms with Crippen molar-refractivity contribution in [3.8, 4) is 0 Å². The van der Waals surface area contributed by atoms with E-state index >= 15 is 0 Å². The Bertz CT molecular complexity index is 1390. The van der Waals surface area contributed by atoms with E-state index < -0.39 is 16.1 Å². The van der Waals surface area contributed by atoms with Crippen LogP contribution in [0, 0.1) is 5.82 Å². The highest BCUT2D eigenvalue weighted by atomic mass is 32.2. The Morgan fingerprint density at radius 1 is 1.03 bits per heavy atom. The summed E-state index contributed by atoms with van der Waals surface area (Å²) in [5, 5.41) is 4.42. The van der Waals surface area contributed by atoms with E-state index in [1.165, 1.54) is 21.3 Å². The molecule has 1 aliphatic rings. The summed E-state index contributed by atoms with van der Waals surface area (Å²) in [7, 11) is -3.70. The number of benzene rings is 3. The van der Waals surface area contributed by atoms with Crippen molar-refractivity contribution in [3.05, 3.63) is 72.0 Å². The average molecular weight is 526 g/mol. The summed E-state index contributed by atoms with van der Waals surface area (Å²) in [5.74, 6) is -0.905. The third-order valence-corrected chi connectivity index (χ3v) is 8.55. The van der Waals surface area contributed by atoms with Crippen molar-refractivity contribution >= 4 is 38.3 Å². The van der Waals surface area contributed by atoms with Gasteiger partial charge < -0.3 is 10.2 Å². The monoisotopic (exact) mass is 525 g/mol. The lowest BCUT2D eigenvalue weighted by molar-refractivity contribution is -0.140. The highest BCUT2D eigenvalue weighted by Gasteiger charge is 2.35. The van der Waals surface area contributed by atoms with Gasteiger partial charge in [-0.05, 0) is 55.0 Å². The van der Waals surface area contributed by atoms with Crippen molar-refractivity contribution in [1.29, 1.82) is 0 Å². The second kappa shape index (κ2) is 11.3. The van der Waals surface area contributed by atoms with Gasteiger partial charge in [0.25, 0.3) is 10.0 Å². The van der Waals surface area contributed by atoms with Crippen LogP contribution in [-0.2, 0) is 26.2 Å². The Hall–Kier alpha value is -3.46. The Morgan fingerprint density at radius 2 is 1.73 bits per heavy atom. The van der Waals surface area contributed by atoms with Gasteiger partial charge >= 0.3 is 0 Å². The van der Waals surface area contributed by atoms with Gasteiger partial charge in [0.2, 0.25) is 11.8 Å². The largest absolute Gasteiger partial charge is 0.354 e. The van der Waals surface area contributed by atoms with E-state index in [2.05, 4.69) is 5.32 Å². The first-order valence-electron chi connectivity index (χ1n) is 12.6. The van der Waals surface area contributed by atoms with Gasteiger partial charge in [-0.2, -0.15) is 0 Å². The number of unbranched alkanes of at least 4 members (excludes halogenated alkanes) is 1. The third kappa shape index (κ3) is 5.61. The van der Waals surface area contributed by atoms with Crippen molar-refractivity contribution in [3.63, 3.8) is 0 Å². The van der Waals surface area contributed by atoms with Gasteiger partial charge in [-0.25, -0.2) is 12.8 Å². The molecule has 4 rings (SSSR count). The number of carbonyl (C=O) groups is 2. The van der Waals surface area contributed by atoms with Crippen molar-refractivity contribution in [2.45, 2.75) is 57.0 Å². The van der Waals surface area contributed by atoms with Crippen LogP contribution in [0.5, 0.6) is 0 Å². The van der Waals surface area contributed by atoms with Crippen LogP contribution in [0.4, 0.5) is 10.1 Å². The second-order valence-electron chi connectivity index (χ2n) is 9.28. The van der Waals surface area contributed by atoms with Gasteiger partial charge in [0, 0.05) is 31.4 Å². The normalized spacial score (nSPS) is 14.5. The molecule has 0 fully saturated rings. The van der Waals surface area contributed by atoms with E-state index in [0.29, 0.717) is 23.2 Å². The number of rotatable bonds is 11. The molecule has 3 aromatic rings. The highest BCUT2D eigenvalue weighted by molar-refractivity contribution is 7.93. The molecule has 0 unspecified atom stereocenters. The molecule has 0 radical (unpaired) electrons. The predicted molar refractivity (Wildman–Crippen MR) is 142 cm³/mol. The first-order valence-corrected chi connectivity index (χ1v) is 14.0. The van der Waals surface area contributed by atoms with Crippen LogP contribution in [0.25, 0.3) is 10.8 Å². The maximum atomic E-state index is 13.4. The number of nitrogens with one attached hydrogen (secondary N) is 1. The van der Waals surface area contributed by atoms with E-state index in [1.807, 2.05) is 25.1 Å². The van der Waals surface area contributed by atoms with Crippen LogP contribution >= 0.6 is 0 Å². The van der Waals surface area contributed by atoms with Gasteiger partial charge in [-0.3, -0.25) is 13.9 Å². The number of carbonyl (C=O) groups excluding carboxylic acids is 2. The zero-order valence-corrected chi connectivity index (χ0v) is 21.9. The number of hydrogen-bond donors (Lipinski definition) is 1. The summed E-state index contributed by atoms with van der Waals surface area (Å²) in [6, 6.07) is 15.8. The molecule has 37 heavy (non-hydrogen) atoms. The van der Waals surface area contributed by atoms with E-state index in [1.54, 1.807) is 37.3 Å². The van der Waals surface area contributed by atoms with Gasteiger partial charge in [0.1, 0.15) is 11.9 Å². The fraction of sp³-hybridized carbons (Fsp3) is 0.357. The van der Waals surface area contributed by atoms with E-state index in [-0.39, 0.29) is 48.5 Å². The number of amides is 2. The molecule has 196 valence electrons. The van der Waals surface area contributed by atoms with Crippen molar-refractivity contribution in [2.24, 2.45) is 0 Å². The molecule has 0 aliphatic carbocycles. The lowest BCUT2D eigenvalue weighted by Crippen LogP contribution is -2.47. The van der Waals surface area contributed by atoms with Crippen LogP contribution in [0.3, 0.4) is 0 Å². The fourth-order valence-electron chi connectivity index (χ4n) is 4.62. The zero-order valence-electron chi connectivity index (χ0n) is 21.1. The molecule has 3 aromatic carbocycles. The molecule has 0 spiro atoms. The SMILES string of the molecule is CCCCNC(=O)[C@@H](C)N(Cc1ccc(F)cc1)C(=O)CCCN1c2cccc3cccc(c23)S1(=O)=O. The van der Waals surface area contributed by atoms with Gasteiger partial charge in [0.15, 0.2) is 0 Å². The highest BCUT2D eigenvalue weighted by Crippen LogP contribution is 2.42. The molecule has 1 N–H and O–H groups in total. The molecule has 0 saturated heterocycles. The van der Waals surface area contributed by atoms with E-state index in [0.717, 1.165) is 18.2 Å². The Labute approximate surface area is 217 Å². The molecule has 1 atom stereocenters. The smallest absolute Gasteiger partial charge is 0.265 e. The number of hydrogen-bond acceptors (Lipinski definition) is 4. The summed E-state index contributed by atoms with van der Waals surface area (Å²) in [6.07, 6.45) is 2.12. The lowest BCUT2D eigenvalue weighted by atomic mass is 10.1. The van der Waals surface area contributed by atoms with Gasteiger partial charge in [-0.15, -0.1) is 0 Å². The quantitative estimate of drug-likeness (QED) is 0.371. The minimum Gasteiger partial charge on any atom is -0.354 e. The molecule has 0 bridgehead atoms. The van der Waals surface area contributed by atoms with Crippen LogP contribution in [-0.4, -0.2) is 44.3 Å². The second-order valence-corrected chi connectivity index (χ2v) is 11.1. The van der Waals surface area contributed by atoms with Crippen molar-refractivity contribution < 1.29 is 22.4 Å². The fourth-order valence-corrected chi connectivity index (χ4v) is 6.37. The Kier molecular flexibility index (Phi) is 8.12. The summed E-state index contributed by atoms with van der Waals surface area (Å²) in [5.41, 5.74) is 1.32. The van der Waals surface area contributed by atoms with Gasteiger partial charge in [-0.1, -0.05) is 49.7 Å². The first-order chi connectivity index (χ1) is 17.7. The minimum absolute atomic E-state index is 0.0616. The van der Waals surface area contributed by atoms with Gasteiger partial charge in [0.05, 0.1) is 10.6 Å². The topological polar surface area (TPSA) is 86.8 Å². The molecule has 0 aromatic heterocycles. The number of sulfonamides is 1. The van der Waals surface area contributed by atoms with Crippen LogP contribution in [0.15, 0.2) is 65.6 Å². The Morgan fingerprint density at radius 3 is 2.43 bits per heavy atom. The van der Waals surface area contributed by atoms with Crippen molar-refractivity contribution in [1.82, 2.24) is 10.2 Å². The standard InChI is InChI=1S/C28H32FN3O4S/c1-3-4-17-30-28(34)20(2)31(19-21-13-15-23(29)16-14-21)26(33)12-7-18-32-24-10-5-8-22-9-6-11-25(27(22)24)37(32,35)36/h5-6,8-11,13-16,20H,3-4,7,12,17-19H2,1-2H3,(H,30,34)/t20-/m1/s1. The molecular weight excluding hydrogens is 493 g/mol. The molecule has 1 aliphatic heterocycles. The molecule has 0 saturated carbocycles. The first kappa shape index (κ1) is 26.6. The van der Waals surface area contributed by atoms with E-state index in [4.69, 9.17) is 0 Å². The molecule has 2 amide bonds. The third-order valence-electron chi connectivity index (χ3n) is 6.70. The number of nitrogens with zero attached hydrogens (tertiary/aromatic N) is 2. The summed E-state index contributed by atoms with van der Waals surface area (Å²) in [4.78, 5) is 27.8. The lowest BCUT2D eigenvalue weighted by Gasteiger charge is -2.29. The molecule has 1 heterocycles. The molecule has 7 nitrogen and oxygen atoms in total. The van der Waals surface area contributed by atoms with Crippen LogP contribution < -0.4 is 9.62 Å². The molecule has 9 heteroatoms. The van der Waals surface area contributed by atoms with Crippen molar-refractivity contribution in [2.75, 3.05) is 17.4 Å². The summed E-state index contributed by atoms with van der Waals surface area (Å²) < 4.78 is 41.2.